The van der Waals surface area contributed by atoms with E-state index in [1.807, 2.05) is 6.07 Å². The first-order valence-electron chi connectivity index (χ1n) is 4.60. The summed E-state index contributed by atoms with van der Waals surface area (Å²) < 4.78 is 13.4. The van der Waals surface area contributed by atoms with Crippen LogP contribution in [-0.2, 0) is 6.42 Å². The Labute approximate surface area is 87.0 Å². The van der Waals surface area contributed by atoms with Gasteiger partial charge >= 0.3 is 0 Å². The third-order valence-corrected chi connectivity index (χ3v) is 2.19. The van der Waals surface area contributed by atoms with Gasteiger partial charge in [-0.05, 0) is 23.8 Å². The van der Waals surface area contributed by atoms with Crippen molar-refractivity contribution < 1.29 is 4.39 Å². The average molecular weight is 200 g/mol. The molecule has 1 heterocycles. The summed E-state index contributed by atoms with van der Waals surface area (Å²) >= 11 is 0. The van der Waals surface area contributed by atoms with Crippen LogP contribution in [-0.4, -0.2) is 4.98 Å². The van der Waals surface area contributed by atoms with E-state index >= 15 is 0 Å². The molecule has 0 bridgehead atoms. The lowest BCUT2D eigenvalue weighted by atomic mass is 10.1. The topological polar surface area (TPSA) is 39.6 Å². The zero-order chi connectivity index (χ0) is 10.7. The van der Waals surface area contributed by atoms with Crippen LogP contribution >= 0.6 is 0 Å². The highest BCUT2D eigenvalue weighted by Crippen LogP contribution is 2.21. The number of benzene rings is 1. The van der Waals surface area contributed by atoms with Gasteiger partial charge in [-0.15, -0.1) is 0 Å². The van der Waals surface area contributed by atoms with Crippen molar-refractivity contribution in [1.82, 2.24) is 4.98 Å². The Morgan fingerprint density at radius 1 is 1.33 bits per heavy atom. The predicted molar refractivity (Wildman–Crippen MR) is 55.5 cm³/mol. The SMILES string of the molecule is N#CCc1c[nH]c(-c2ccccc2F)c1. The Hall–Kier alpha value is -2.08. The first-order chi connectivity index (χ1) is 7.31. The molecule has 0 aliphatic heterocycles. The molecule has 1 aromatic carbocycles. The maximum Gasteiger partial charge on any atom is 0.132 e. The van der Waals surface area contributed by atoms with Crippen LogP contribution in [0.5, 0.6) is 0 Å². The van der Waals surface area contributed by atoms with E-state index in [1.165, 1.54) is 6.07 Å². The van der Waals surface area contributed by atoms with Gasteiger partial charge in [0.05, 0.1) is 12.5 Å². The fourth-order valence-electron chi connectivity index (χ4n) is 1.47. The molecule has 2 rings (SSSR count). The monoisotopic (exact) mass is 200 g/mol. The normalized spacial score (nSPS) is 9.87. The summed E-state index contributed by atoms with van der Waals surface area (Å²) in [6.45, 7) is 0. The summed E-state index contributed by atoms with van der Waals surface area (Å²) in [6.07, 6.45) is 2.07. The first kappa shape index (κ1) is 9.47. The van der Waals surface area contributed by atoms with Crippen LogP contribution in [0.15, 0.2) is 36.5 Å². The molecule has 3 heteroatoms. The summed E-state index contributed by atoms with van der Waals surface area (Å²) in [6, 6.07) is 10.4. The van der Waals surface area contributed by atoms with E-state index < -0.39 is 0 Å². The number of nitrogens with zero attached hydrogens (tertiary/aromatic N) is 1. The number of aromatic amines is 1. The third kappa shape index (κ3) is 1.89. The number of hydrogen-bond acceptors (Lipinski definition) is 1. The van der Waals surface area contributed by atoms with Gasteiger partial charge in [-0.3, -0.25) is 0 Å². The molecule has 0 saturated heterocycles. The molecule has 0 saturated carbocycles. The number of aromatic nitrogens is 1. The van der Waals surface area contributed by atoms with Crippen molar-refractivity contribution in [3.05, 3.63) is 47.9 Å². The molecule has 0 atom stereocenters. The molecular formula is C12H9FN2. The van der Waals surface area contributed by atoms with Gasteiger partial charge in [0.25, 0.3) is 0 Å². The highest BCUT2D eigenvalue weighted by atomic mass is 19.1. The smallest absolute Gasteiger partial charge is 0.132 e. The molecule has 1 N–H and O–H groups in total. The van der Waals surface area contributed by atoms with Crippen LogP contribution in [0.4, 0.5) is 4.39 Å². The second-order valence-corrected chi connectivity index (χ2v) is 3.24. The van der Waals surface area contributed by atoms with Crippen LogP contribution in [0.25, 0.3) is 11.3 Å². The van der Waals surface area contributed by atoms with Crippen molar-refractivity contribution in [3.63, 3.8) is 0 Å². The van der Waals surface area contributed by atoms with Gasteiger partial charge in [-0.25, -0.2) is 4.39 Å². The minimum Gasteiger partial charge on any atom is -0.361 e. The molecule has 0 fully saturated rings. The standard InChI is InChI=1S/C12H9FN2/c13-11-4-2-1-3-10(11)12-7-9(5-6-14)8-15-12/h1-4,7-8,15H,5H2. The molecule has 2 nitrogen and oxygen atoms in total. The first-order valence-corrected chi connectivity index (χ1v) is 4.60. The van der Waals surface area contributed by atoms with E-state index in [0.29, 0.717) is 17.7 Å². The summed E-state index contributed by atoms with van der Waals surface area (Å²) in [5.74, 6) is -0.261. The van der Waals surface area contributed by atoms with Crippen molar-refractivity contribution in [1.29, 1.82) is 5.26 Å². The number of rotatable bonds is 2. The summed E-state index contributed by atoms with van der Waals surface area (Å²) in [7, 11) is 0. The second-order valence-electron chi connectivity index (χ2n) is 3.24. The Balaban J connectivity index is 2.38. The molecule has 0 spiro atoms. The molecule has 0 amide bonds. The Kier molecular flexibility index (Phi) is 2.51. The average Bonchev–Trinajstić information content (AvgIpc) is 2.68. The van der Waals surface area contributed by atoms with Crippen molar-refractivity contribution in [3.8, 4) is 17.3 Å². The van der Waals surface area contributed by atoms with Crippen LogP contribution in [0.2, 0.25) is 0 Å². The Bertz CT molecular complexity index is 508. The molecule has 2 aromatic rings. The molecule has 74 valence electrons. The summed E-state index contributed by atoms with van der Waals surface area (Å²) in [5, 5.41) is 8.52. The Morgan fingerprint density at radius 3 is 2.87 bits per heavy atom. The van der Waals surface area contributed by atoms with Crippen LogP contribution in [0.1, 0.15) is 5.56 Å². The van der Waals surface area contributed by atoms with E-state index in [4.69, 9.17) is 5.26 Å². The van der Waals surface area contributed by atoms with Gasteiger partial charge in [0.2, 0.25) is 0 Å². The van der Waals surface area contributed by atoms with Crippen LogP contribution < -0.4 is 0 Å². The van der Waals surface area contributed by atoms with Gasteiger partial charge in [0.15, 0.2) is 0 Å². The van der Waals surface area contributed by atoms with Crippen molar-refractivity contribution in [2.45, 2.75) is 6.42 Å². The van der Waals surface area contributed by atoms with Crippen LogP contribution in [0.3, 0.4) is 0 Å². The molecule has 0 aliphatic carbocycles. The Morgan fingerprint density at radius 2 is 2.13 bits per heavy atom. The van der Waals surface area contributed by atoms with Crippen LogP contribution in [0, 0.1) is 17.1 Å². The molecule has 1 aromatic heterocycles. The largest absolute Gasteiger partial charge is 0.361 e. The van der Waals surface area contributed by atoms with Gasteiger partial charge < -0.3 is 4.98 Å². The number of hydrogen-bond donors (Lipinski definition) is 1. The predicted octanol–water partition coefficient (Wildman–Crippen LogP) is 2.89. The van der Waals surface area contributed by atoms with E-state index in [-0.39, 0.29) is 5.82 Å². The number of H-pyrrole nitrogens is 1. The van der Waals surface area contributed by atoms with Gasteiger partial charge in [-0.1, -0.05) is 12.1 Å². The second kappa shape index (κ2) is 3.97. The fraction of sp³-hybridized carbons (Fsp3) is 0.0833. The van der Waals surface area contributed by atoms with Gasteiger partial charge in [-0.2, -0.15) is 5.26 Å². The maximum atomic E-state index is 13.4. The lowest BCUT2D eigenvalue weighted by Gasteiger charge is -1.98. The zero-order valence-electron chi connectivity index (χ0n) is 8.00. The van der Waals surface area contributed by atoms with Crippen molar-refractivity contribution in [2.75, 3.05) is 0 Å². The van der Waals surface area contributed by atoms with E-state index in [2.05, 4.69) is 4.98 Å². The van der Waals surface area contributed by atoms with E-state index in [1.54, 1.807) is 30.5 Å². The number of nitrogens with one attached hydrogen (secondary N) is 1. The highest BCUT2D eigenvalue weighted by molar-refractivity contribution is 5.61. The lowest BCUT2D eigenvalue weighted by Crippen LogP contribution is -1.82. The van der Waals surface area contributed by atoms with E-state index in [9.17, 15) is 4.39 Å². The quantitative estimate of drug-likeness (QED) is 0.795. The number of halogens is 1. The maximum absolute atomic E-state index is 13.4. The molecule has 15 heavy (non-hydrogen) atoms. The van der Waals surface area contributed by atoms with Crippen molar-refractivity contribution >= 4 is 0 Å². The molecular weight excluding hydrogens is 191 g/mol. The van der Waals surface area contributed by atoms with Gasteiger partial charge in [0, 0.05) is 17.5 Å². The molecule has 0 radical (unpaired) electrons. The molecule has 0 aliphatic rings. The minimum atomic E-state index is -0.261. The van der Waals surface area contributed by atoms with E-state index in [0.717, 1.165) is 5.56 Å². The lowest BCUT2D eigenvalue weighted by molar-refractivity contribution is 0.631. The fourth-order valence-corrected chi connectivity index (χ4v) is 1.47. The minimum absolute atomic E-state index is 0.261. The summed E-state index contributed by atoms with van der Waals surface area (Å²) in [4.78, 5) is 2.96. The van der Waals surface area contributed by atoms with Gasteiger partial charge in [0.1, 0.15) is 5.82 Å². The molecule has 0 unspecified atom stereocenters. The summed E-state index contributed by atoms with van der Waals surface area (Å²) in [5.41, 5.74) is 2.11. The third-order valence-electron chi connectivity index (χ3n) is 2.19. The number of nitriles is 1. The van der Waals surface area contributed by atoms with Crippen molar-refractivity contribution in [2.24, 2.45) is 0 Å². The zero-order valence-corrected chi connectivity index (χ0v) is 8.00. The highest BCUT2D eigenvalue weighted by Gasteiger charge is 2.05.